The Labute approximate surface area is 149 Å². The SMILES string of the molecule is Cc1cc(SC#N)cc(C)c1NC(=O)COC(=O)c1ccc(O)cc1. The molecule has 0 atom stereocenters. The number of phenols is 1. The fourth-order valence-electron chi connectivity index (χ4n) is 2.22. The van der Waals surface area contributed by atoms with Crippen molar-refractivity contribution < 1.29 is 19.4 Å². The van der Waals surface area contributed by atoms with Gasteiger partial charge in [-0.25, -0.2) is 4.79 Å². The fraction of sp³-hybridized carbons (Fsp3) is 0.167. The maximum atomic E-state index is 12.0. The summed E-state index contributed by atoms with van der Waals surface area (Å²) in [6.45, 7) is 3.23. The molecule has 128 valence electrons. The van der Waals surface area contributed by atoms with Crippen molar-refractivity contribution in [3.05, 3.63) is 53.1 Å². The fourth-order valence-corrected chi connectivity index (χ4v) is 2.80. The summed E-state index contributed by atoms with van der Waals surface area (Å²) in [6.07, 6.45) is 0. The summed E-state index contributed by atoms with van der Waals surface area (Å²) in [5, 5.41) is 22.6. The lowest BCUT2D eigenvalue weighted by atomic mass is 10.1. The van der Waals surface area contributed by atoms with Gasteiger partial charge in [0.1, 0.15) is 11.2 Å². The molecule has 1 amide bonds. The zero-order chi connectivity index (χ0) is 18.4. The number of carbonyl (C=O) groups excluding carboxylic acids is 2. The highest BCUT2D eigenvalue weighted by Crippen LogP contribution is 2.27. The Morgan fingerprint density at radius 3 is 2.36 bits per heavy atom. The molecule has 0 aromatic heterocycles. The van der Waals surface area contributed by atoms with Crippen LogP contribution in [-0.4, -0.2) is 23.6 Å². The van der Waals surface area contributed by atoms with Gasteiger partial charge in [-0.3, -0.25) is 4.79 Å². The zero-order valence-electron chi connectivity index (χ0n) is 13.7. The Balaban J connectivity index is 1.97. The minimum atomic E-state index is -0.649. The van der Waals surface area contributed by atoms with Crippen LogP contribution >= 0.6 is 11.8 Å². The van der Waals surface area contributed by atoms with Gasteiger partial charge in [-0.05, 0) is 73.1 Å². The van der Waals surface area contributed by atoms with Crippen LogP contribution in [0.25, 0.3) is 0 Å². The van der Waals surface area contributed by atoms with Gasteiger partial charge in [0.05, 0.1) is 5.56 Å². The standard InChI is InChI=1S/C18H16N2O4S/c1-11-7-15(25-10-19)8-12(2)17(11)20-16(22)9-24-18(23)13-3-5-14(21)6-4-13/h3-8,21H,9H2,1-2H3,(H,20,22). The van der Waals surface area contributed by atoms with Crippen molar-refractivity contribution in [3.63, 3.8) is 0 Å². The van der Waals surface area contributed by atoms with Crippen LogP contribution < -0.4 is 5.32 Å². The minimum Gasteiger partial charge on any atom is -0.508 e. The molecule has 2 aromatic carbocycles. The number of thiocyanates is 1. The monoisotopic (exact) mass is 356 g/mol. The lowest BCUT2D eigenvalue weighted by Gasteiger charge is -2.13. The first-order valence-corrected chi connectivity index (χ1v) is 8.15. The van der Waals surface area contributed by atoms with Crippen LogP contribution in [0, 0.1) is 24.5 Å². The Hall–Kier alpha value is -2.98. The molecule has 2 rings (SSSR count). The van der Waals surface area contributed by atoms with E-state index in [4.69, 9.17) is 10.00 Å². The topological polar surface area (TPSA) is 99.4 Å². The van der Waals surface area contributed by atoms with E-state index in [9.17, 15) is 14.7 Å². The second kappa shape index (κ2) is 8.22. The Morgan fingerprint density at radius 2 is 1.80 bits per heavy atom. The third-order valence-corrected chi connectivity index (χ3v) is 3.93. The van der Waals surface area contributed by atoms with Crippen molar-refractivity contribution in [3.8, 4) is 11.2 Å². The quantitative estimate of drug-likeness (QED) is 0.484. The number of nitrogens with one attached hydrogen (secondary N) is 1. The first-order valence-electron chi connectivity index (χ1n) is 7.34. The van der Waals surface area contributed by atoms with E-state index in [2.05, 4.69) is 5.32 Å². The number of aromatic hydroxyl groups is 1. The number of anilines is 1. The van der Waals surface area contributed by atoms with Crippen LogP contribution in [-0.2, 0) is 9.53 Å². The number of hydrogen-bond acceptors (Lipinski definition) is 6. The van der Waals surface area contributed by atoms with Gasteiger partial charge >= 0.3 is 5.97 Å². The van der Waals surface area contributed by atoms with Gasteiger partial charge in [0, 0.05) is 10.6 Å². The predicted molar refractivity (Wildman–Crippen MR) is 94.4 cm³/mol. The number of ether oxygens (including phenoxy) is 1. The number of aryl methyl sites for hydroxylation is 2. The molecule has 0 aliphatic carbocycles. The normalized spacial score (nSPS) is 9.96. The molecule has 2 aromatic rings. The number of carbonyl (C=O) groups is 2. The average molecular weight is 356 g/mol. The van der Waals surface area contributed by atoms with Crippen LogP contribution in [0.15, 0.2) is 41.3 Å². The Bertz CT molecular complexity index is 818. The summed E-state index contributed by atoms with van der Waals surface area (Å²) in [7, 11) is 0. The smallest absolute Gasteiger partial charge is 0.338 e. The van der Waals surface area contributed by atoms with Crippen LogP contribution in [0.2, 0.25) is 0 Å². The summed E-state index contributed by atoms with van der Waals surface area (Å²) in [6, 6.07) is 9.16. The second-order valence-corrected chi connectivity index (χ2v) is 6.15. The molecule has 0 bridgehead atoms. The largest absolute Gasteiger partial charge is 0.508 e. The molecule has 0 saturated carbocycles. The molecule has 0 aliphatic rings. The maximum Gasteiger partial charge on any atom is 0.338 e. The number of thioether (sulfide) groups is 1. The third kappa shape index (κ3) is 4.99. The van der Waals surface area contributed by atoms with Gasteiger partial charge in [-0.1, -0.05) is 0 Å². The van der Waals surface area contributed by atoms with Crippen molar-refractivity contribution in [2.24, 2.45) is 0 Å². The van der Waals surface area contributed by atoms with E-state index in [0.717, 1.165) is 27.8 Å². The van der Waals surface area contributed by atoms with E-state index in [1.165, 1.54) is 24.3 Å². The highest BCUT2D eigenvalue weighted by atomic mass is 32.2. The summed E-state index contributed by atoms with van der Waals surface area (Å²) in [4.78, 5) is 24.7. The number of rotatable bonds is 5. The van der Waals surface area contributed by atoms with Gasteiger partial charge in [0.15, 0.2) is 6.61 Å². The van der Waals surface area contributed by atoms with E-state index >= 15 is 0 Å². The van der Waals surface area contributed by atoms with Gasteiger partial charge in [-0.2, -0.15) is 5.26 Å². The molecule has 0 radical (unpaired) electrons. The molecule has 0 heterocycles. The molecule has 6 nitrogen and oxygen atoms in total. The summed E-state index contributed by atoms with van der Waals surface area (Å²) in [5.41, 5.74) is 2.51. The second-order valence-electron chi connectivity index (χ2n) is 5.30. The number of benzene rings is 2. The van der Waals surface area contributed by atoms with Crippen molar-refractivity contribution in [2.45, 2.75) is 18.7 Å². The summed E-state index contributed by atoms with van der Waals surface area (Å²) in [5.74, 6) is -1.07. The van der Waals surface area contributed by atoms with Crippen molar-refractivity contribution in [1.29, 1.82) is 5.26 Å². The van der Waals surface area contributed by atoms with Crippen molar-refractivity contribution >= 4 is 29.3 Å². The maximum absolute atomic E-state index is 12.0. The molecule has 0 unspecified atom stereocenters. The number of amides is 1. The van der Waals surface area contributed by atoms with E-state index in [1.807, 2.05) is 19.2 Å². The predicted octanol–water partition coefficient (Wildman–Crippen LogP) is 3.38. The van der Waals surface area contributed by atoms with Gasteiger partial charge in [0.25, 0.3) is 5.91 Å². The molecule has 0 fully saturated rings. The molecule has 0 spiro atoms. The van der Waals surface area contributed by atoms with E-state index in [1.54, 1.807) is 12.1 Å². The number of hydrogen-bond donors (Lipinski definition) is 2. The highest BCUT2D eigenvalue weighted by Gasteiger charge is 2.13. The summed E-state index contributed by atoms with van der Waals surface area (Å²) >= 11 is 1.05. The molecule has 2 N–H and O–H groups in total. The van der Waals surface area contributed by atoms with Gasteiger partial charge in [0.2, 0.25) is 0 Å². The number of nitrogens with zero attached hydrogens (tertiary/aromatic N) is 1. The molecule has 7 heteroatoms. The molecule has 25 heavy (non-hydrogen) atoms. The first-order chi connectivity index (χ1) is 11.9. The van der Waals surface area contributed by atoms with E-state index < -0.39 is 18.5 Å². The third-order valence-electron chi connectivity index (χ3n) is 3.37. The lowest BCUT2D eigenvalue weighted by molar-refractivity contribution is -0.119. The van der Waals surface area contributed by atoms with Gasteiger partial charge < -0.3 is 15.2 Å². The van der Waals surface area contributed by atoms with Crippen LogP contribution in [0.5, 0.6) is 5.75 Å². The minimum absolute atomic E-state index is 0.0400. The molecule has 0 aliphatic heterocycles. The molecule has 0 saturated heterocycles. The summed E-state index contributed by atoms with van der Waals surface area (Å²) < 4.78 is 4.96. The van der Waals surface area contributed by atoms with Crippen LogP contribution in [0.1, 0.15) is 21.5 Å². The first kappa shape index (κ1) is 18.4. The van der Waals surface area contributed by atoms with Crippen LogP contribution in [0.4, 0.5) is 5.69 Å². The number of phenolic OH excluding ortho intramolecular Hbond substituents is 1. The van der Waals surface area contributed by atoms with Crippen molar-refractivity contribution in [1.82, 2.24) is 0 Å². The highest BCUT2D eigenvalue weighted by molar-refractivity contribution is 8.03. The Kier molecular flexibility index (Phi) is 6.03. The van der Waals surface area contributed by atoms with Crippen molar-refractivity contribution in [2.75, 3.05) is 11.9 Å². The average Bonchev–Trinajstić information content (AvgIpc) is 2.57. The van der Waals surface area contributed by atoms with Gasteiger partial charge in [-0.15, -0.1) is 0 Å². The Morgan fingerprint density at radius 1 is 1.20 bits per heavy atom. The molecular weight excluding hydrogens is 340 g/mol. The van der Waals surface area contributed by atoms with Crippen LogP contribution in [0.3, 0.4) is 0 Å². The van der Waals surface area contributed by atoms with E-state index in [-0.39, 0.29) is 11.3 Å². The zero-order valence-corrected chi connectivity index (χ0v) is 14.5. The van der Waals surface area contributed by atoms with E-state index in [0.29, 0.717) is 5.69 Å². The lowest BCUT2D eigenvalue weighted by Crippen LogP contribution is -2.21. The molecular formula is C18H16N2O4S. The number of nitriles is 1. The number of esters is 1.